The van der Waals surface area contributed by atoms with Gasteiger partial charge in [-0.3, -0.25) is 4.79 Å². The molecule has 1 aromatic carbocycles. The lowest BCUT2D eigenvalue weighted by molar-refractivity contribution is 0.113. The molecule has 0 aliphatic carbocycles. The van der Waals surface area contributed by atoms with Crippen molar-refractivity contribution in [1.82, 2.24) is 15.2 Å². The van der Waals surface area contributed by atoms with Gasteiger partial charge < -0.3 is 25.0 Å². The van der Waals surface area contributed by atoms with E-state index in [0.29, 0.717) is 36.7 Å². The van der Waals surface area contributed by atoms with Gasteiger partial charge >= 0.3 is 0 Å². The van der Waals surface area contributed by atoms with Gasteiger partial charge in [0, 0.05) is 37.4 Å². The van der Waals surface area contributed by atoms with Crippen molar-refractivity contribution >= 4 is 28.2 Å². The topological polar surface area (TPSA) is 77.6 Å². The number of nitrogens with one attached hydrogen (secondary N) is 2. The summed E-state index contributed by atoms with van der Waals surface area (Å²) in [6, 6.07) is 6.04. The van der Waals surface area contributed by atoms with E-state index in [1.54, 1.807) is 0 Å². The molecule has 0 spiro atoms. The average Bonchev–Trinajstić information content (AvgIpc) is 3.18. The van der Waals surface area contributed by atoms with E-state index >= 15 is 0 Å². The van der Waals surface area contributed by atoms with Crippen molar-refractivity contribution in [3.63, 3.8) is 0 Å². The first-order chi connectivity index (χ1) is 13.5. The summed E-state index contributed by atoms with van der Waals surface area (Å²) in [5.41, 5.74) is 3.75. The number of ether oxygens (including phenoxy) is 1. The van der Waals surface area contributed by atoms with E-state index in [2.05, 4.69) is 23.3 Å². The summed E-state index contributed by atoms with van der Waals surface area (Å²) in [6.07, 6.45) is 2.90. The number of H-pyrrole nitrogens is 1. The molecule has 1 saturated heterocycles. The van der Waals surface area contributed by atoms with E-state index < -0.39 is 0 Å². The van der Waals surface area contributed by atoms with Gasteiger partial charge in [-0.1, -0.05) is 0 Å². The van der Waals surface area contributed by atoms with Gasteiger partial charge in [-0.25, -0.2) is 0 Å². The molecule has 1 fully saturated rings. The third-order valence-electron chi connectivity index (χ3n) is 5.27. The minimum absolute atomic E-state index is 0.0808. The number of thiocarbonyl (C=S) groups is 1. The first-order valence-electron chi connectivity index (χ1n) is 9.86. The van der Waals surface area contributed by atoms with Crippen molar-refractivity contribution < 1.29 is 9.84 Å². The molecule has 152 valence electrons. The van der Waals surface area contributed by atoms with Crippen LogP contribution in [0.5, 0.6) is 0 Å². The fourth-order valence-corrected chi connectivity index (χ4v) is 3.72. The molecule has 1 aliphatic heterocycles. The SMILES string of the molecule is Cc1cc2cc(CN(CCCO)C(=S)NCC3CCCO3)c(=O)[nH]c2cc1C. The van der Waals surface area contributed by atoms with E-state index in [0.717, 1.165) is 35.9 Å². The maximum absolute atomic E-state index is 12.6. The Morgan fingerprint density at radius 2 is 2.14 bits per heavy atom. The van der Waals surface area contributed by atoms with Crippen LogP contribution in [-0.4, -0.2) is 52.5 Å². The highest BCUT2D eigenvalue weighted by Gasteiger charge is 2.18. The van der Waals surface area contributed by atoms with Crippen LogP contribution in [-0.2, 0) is 11.3 Å². The fourth-order valence-electron chi connectivity index (χ4n) is 3.48. The van der Waals surface area contributed by atoms with E-state index in [4.69, 9.17) is 17.0 Å². The molecule has 1 atom stereocenters. The van der Waals surface area contributed by atoms with Crippen LogP contribution in [0.15, 0.2) is 23.0 Å². The number of aliphatic hydroxyl groups excluding tert-OH is 1. The summed E-state index contributed by atoms with van der Waals surface area (Å²) in [6.45, 7) is 6.64. The molecule has 0 saturated carbocycles. The van der Waals surface area contributed by atoms with Crippen molar-refractivity contribution in [2.45, 2.75) is 45.8 Å². The maximum atomic E-state index is 12.6. The zero-order valence-electron chi connectivity index (χ0n) is 16.6. The molecule has 1 aromatic heterocycles. The quantitative estimate of drug-likeness (QED) is 0.616. The fraction of sp³-hybridized carbons (Fsp3) is 0.524. The number of nitrogens with zero attached hydrogens (tertiary/aromatic N) is 1. The van der Waals surface area contributed by atoms with E-state index in [9.17, 15) is 9.90 Å². The van der Waals surface area contributed by atoms with Gasteiger partial charge in [-0.05, 0) is 80.0 Å². The number of aryl methyl sites for hydroxylation is 2. The van der Waals surface area contributed by atoms with Gasteiger partial charge in [-0.15, -0.1) is 0 Å². The van der Waals surface area contributed by atoms with Crippen LogP contribution >= 0.6 is 12.2 Å². The molecular weight excluding hydrogens is 374 g/mol. The van der Waals surface area contributed by atoms with Gasteiger partial charge in [0.1, 0.15) is 0 Å². The molecule has 7 heteroatoms. The van der Waals surface area contributed by atoms with Crippen LogP contribution in [0.4, 0.5) is 0 Å². The zero-order valence-corrected chi connectivity index (χ0v) is 17.4. The summed E-state index contributed by atoms with van der Waals surface area (Å²) >= 11 is 5.56. The smallest absolute Gasteiger partial charge is 0.253 e. The van der Waals surface area contributed by atoms with Crippen molar-refractivity contribution in [3.8, 4) is 0 Å². The summed E-state index contributed by atoms with van der Waals surface area (Å²) in [5.74, 6) is 0. The number of fused-ring (bicyclic) bond motifs is 1. The van der Waals surface area contributed by atoms with E-state index in [1.165, 1.54) is 5.56 Å². The number of aromatic nitrogens is 1. The van der Waals surface area contributed by atoms with Gasteiger partial charge in [0.2, 0.25) is 0 Å². The number of benzene rings is 1. The van der Waals surface area contributed by atoms with Crippen LogP contribution < -0.4 is 10.9 Å². The van der Waals surface area contributed by atoms with Gasteiger partial charge in [-0.2, -0.15) is 0 Å². The molecule has 3 N–H and O–H groups in total. The largest absolute Gasteiger partial charge is 0.396 e. The van der Waals surface area contributed by atoms with E-state index in [1.807, 2.05) is 24.0 Å². The van der Waals surface area contributed by atoms with E-state index in [-0.39, 0.29) is 18.3 Å². The monoisotopic (exact) mass is 403 g/mol. The zero-order chi connectivity index (χ0) is 20.1. The first-order valence-corrected chi connectivity index (χ1v) is 10.3. The average molecular weight is 404 g/mol. The number of aliphatic hydroxyl groups is 1. The Balaban J connectivity index is 1.77. The van der Waals surface area contributed by atoms with Crippen molar-refractivity contribution in [2.24, 2.45) is 0 Å². The lowest BCUT2D eigenvalue weighted by Crippen LogP contribution is -2.43. The molecule has 0 bridgehead atoms. The highest BCUT2D eigenvalue weighted by Crippen LogP contribution is 2.18. The maximum Gasteiger partial charge on any atom is 0.253 e. The minimum atomic E-state index is -0.105. The van der Waals surface area contributed by atoms with Crippen molar-refractivity contribution in [1.29, 1.82) is 0 Å². The lowest BCUT2D eigenvalue weighted by Gasteiger charge is -2.26. The van der Waals surface area contributed by atoms with Crippen LogP contribution in [0.1, 0.15) is 36.0 Å². The first kappa shape index (κ1) is 20.8. The van der Waals surface area contributed by atoms with Crippen molar-refractivity contribution in [3.05, 3.63) is 45.2 Å². The Kier molecular flexibility index (Phi) is 7.04. The predicted molar refractivity (Wildman–Crippen MR) is 116 cm³/mol. The third kappa shape index (κ3) is 5.10. The minimum Gasteiger partial charge on any atom is -0.396 e. The van der Waals surface area contributed by atoms with Gasteiger partial charge in [0.15, 0.2) is 5.11 Å². The van der Waals surface area contributed by atoms with Gasteiger partial charge in [0.25, 0.3) is 5.56 Å². The van der Waals surface area contributed by atoms with Crippen LogP contribution in [0.25, 0.3) is 10.9 Å². The van der Waals surface area contributed by atoms with Crippen LogP contribution in [0.2, 0.25) is 0 Å². The Hall–Kier alpha value is -1.96. The predicted octanol–water partition coefficient (Wildman–Crippen LogP) is 2.38. The number of pyridine rings is 1. The highest BCUT2D eigenvalue weighted by molar-refractivity contribution is 7.80. The summed E-state index contributed by atoms with van der Waals surface area (Å²) in [5, 5.41) is 14.1. The molecule has 6 nitrogen and oxygen atoms in total. The standard InChI is InChI=1S/C21H29N3O3S/c1-14-9-16-11-17(20(26)23-19(16)10-15(14)2)13-24(6-4-7-25)21(28)22-12-18-5-3-8-27-18/h9-11,18,25H,3-8,12-13H2,1-2H3,(H,22,28)(H,23,26). The number of hydrogen-bond acceptors (Lipinski definition) is 4. The number of hydrogen-bond donors (Lipinski definition) is 3. The molecule has 0 radical (unpaired) electrons. The number of aromatic amines is 1. The Morgan fingerprint density at radius 3 is 2.86 bits per heavy atom. The Bertz CT molecular complexity index is 890. The molecular formula is C21H29N3O3S. The lowest BCUT2D eigenvalue weighted by atomic mass is 10.0. The molecule has 2 aromatic rings. The molecule has 0 amide bonds. The second-order valence-corrected chi connectivity index (χ2v) is 7.85. The van der Waals surface area contributed by atoms with Crippen LogP contribution in [0, 0.1) is 13.8 Å². The molecule has 28 heavy (non-hydrogen) atoms. The summed E-state index contributed by atoms with van der Waals surface area (Å²) in [7, 11) is 0. The van der Waals surface area contributed by atoms with Gasteiger partial charge in [0.05, 0.1) is 12.6 Å². The second kappa shape index (κ2) is 9.49. The van der Waals surface area contributed by atoms with Crippen LogP contribution in [0.3, 0.4) is 0 Å². The molecule has 1 unspecified atom stereocenters. The molecule has 3 rings (SSSR count). The highest BCUT2D eigenvalue weighted by atomic mass is 32.1. The Labute approximate surface area is 170 Å². The normalized spacial score (nSPS) is 16.5. The third-order valence-corrected chi connectivity index (χ3v) is 5.68. The second-order valence-electron chi connectivity index (χ2n) is 7.47. The summed E-state index contributed by atoms with van der Waals surface area (Å²) < 4.78 is 5.63. The number of rotatable bonds is 7. The summed E-state index contributed by atoms with van der Waals surface area (Å²) in [4.78, 5) is 17.5. The molecule has 2 heterocycles. The molecule has 1 aliphatic rings. The van der Waals surface area contributed by atoms with Crippen molar-refractivity contribution in [2.75, 3.05) is 26.3 Å². The Morgan fingerprint density at radius 1 is 1.36 bits per heavy atom.